The third kappa shape index (κ3) is 2.54. The fourth-order valence-corrected chi connectivity index (χ4v) is 3.66. The van der Waals surface area contributed by atoms with E-state index in [1.54, 1.807) is 6.07 Å². The third-order valence-electron chi connectivity index (χ3n) is 5.07. The van der Waals surface area contributed by atoms with Crippen molar-refractivity contribution in [3.63, 3.8) is 0 Å². The molecule has 0 N–H and O–H groups in total. The molecule has 1 fully saturated rings. The number of fused-ring (bicyclic) bond motifs is 2. The Labute approximate surface area is 150 Å². The zero-order valence-electron chi connectivity index (χ0n) is 14.3. The molecule has 4 aromatic rings. The first-order valence-electron chi connectivity index (χ1n) is 8.96. The summed E-state index contributed by atoms with van der Waals surface area (Å²) in [6.07, 6.45) is 4.23. The predicted octanol–water partition coefficient (Wildman–Crippen LogP) is 4.61. The number of anilines is 1. The lowest BCUT2D eigenvalue weighted by atomic mass is 10.1. The van der Waals surface area contributed by atoms with Crippen LogP contribution in [-0.4, -0.2) is 18.1 Å². The van der Waals surface area contributed by atoms with Gasteiger partial charge in [-0.15, -0.1) is 0 Å². The van der Waals surface area contributed by atoms with Gasteiger partial charge in [0.15, 0.2) is 11.2 Å². The van der Waals surface area contributed by atoms with E-state index in [4.69, 9.17) is 4.42 Å². The zero-order chi connectivity index (χ0) is 17.5. The summed E-state index contributed by atoms with van der Waals surface area (Å²) in [6.45, 7) is 2.10. The predicted molar refractivity (Wildman–Crippen MR) is 105 cm³/mol. The quantitative estimate of drug-likeness (QED) is 0.534. The SMILES string of the molecule is O=c1cc(-c2cc3ccccc3cn2)oc2ccc(N3CCCC3)cc12. The number of hydrogen-bond acceptors (Lipinski definition) is 4. The van der Waals surface area contributed by atoms with Crippen LogP contribution in [0.1, 0.15) is 12.8 Å². The molecule has 0 spiro atoms. The number of benzene rings is 2. The lowest BCUT2D eigenvalue weighted by Crippen LogP contribution is -2.17. The van der Waals surface area contributed by atoms with Crippen molar-refractivity contribution in [1.29, 1.82) is 0 Å². The largest absolute Gasteiger partial charge is 0.454 e. The molecule has 1 aliphatic heterocycles. The first-order valence-corrected chi connectivity index (χ1v) is 8.96. The fraction of sp³-hybridized carbons (Fsp3) is 0.182. The maximum absolute atomic E-state index is 12.7. The standard InChI is InChI=1S/C22H18N2O2/c25-20-13-22(19-11-15-5-1-2-6-16(15)14-23-19)26-21-8-7-17(12-18(20)21)24-9-3-4-10-24/h1-2,5-8,11-14H,3-4,9-10H2. The first kappa shape index (κ1) is 15.1. The number of aromatic nitrogens is 1. The summed E-state index contributed by atoms with van der Waals surface area (Å²) in [5.41, 5.74) is 2.34. The van der Waals surface area contributed by atoms with Crippen LogP contribution in [0.3, 0.4) is 0 Å². The minimum Gasteiger partial charge on any atom is -0.454 e. The van der Waals surface area contributed by atoms with Gasteiger partial charge in [-0.05, 0) is 42.5 Å². The second kappa shape index (κ2) is 5.99. The molecule has 0 radical (unpaired) electrons. The fourth-order valence-electron chi connectivity index (χ4n) is 3.66. The van der Waals surface area contributed by atoms with E-state index in [9.17, 15) is 4.79 Å². The van der Waals surface area contributed by atoms with Gasteiger partial charge in [0.2, 0.25) is 0 Å². The summed E-state index contributed by atoms with van der Waals surface area (Å²) in [6, 6.07) is 17.4. The molecule has 2 aromatic carbocycles. The van der Waals surface area contributed by atoms with Crippen LogP contribution in [0.15, 0.2) is 70.0 Å². The van der Waals surface area contributed by atoms with Crippen molar-refractivity contribution in [3.8, 4) is 11.5 Å². The van der Waals surface area contributed by atoms with E-state index in [-0.39, 0.29) is 5.43 Å². The molecule has 0 aliphatic carbocycles. The van der Waals surface area contributed by atoms with Gasteiger partial charge in [0.1, 0.15) is 11.3 Å². The van der Waals surface area contributed by atoms with Gasteiger partial charge in [-0.2, -0.15) is 0 Å². The Morgan fingerprint density at radius 3 is 2.58 bits per heavy atom. The molecular weight excluding hydrogens is 324 g/mol. The molecule has 0 atom stereocenters. The van der Waals surface area contributed by atoms with Gasteiger partial charge in [0.25, 0.3) is 0 Å². The average molecular weight is 342 g/mol. The van der Waals surface area contributed by atoms with E-state index < -0.39 is 0 Å². The number of hydrogen-bond donors (Lipinski definition) is 0. The number of pyridine rings is 1. The van der Waals surface area contributed by atoms with Crippen LogP contribution in [-0.2, 0) is 0 Å². The Morgan fingerprint density at radius 2 is 1.73 bits per heavy atom. The highest BCUT2D eigenvalue weighted by molar-refractivity contribution is 5.86. The highest BCUT2D eigenvalue weighted by atomic mass is 16.3. The maximum atomic E-state index is 12.7. The molecule has 2 aromatic heterocycles. The Bertz CT molecular complexity index is 1170. The molecule has 3 heterocycles. The van der Waals surface area contributed by atoms with E-state index >= 15 is 0 Å². The summed E-state index contributed by atoms with van der Waals surface area (Å²) in [5.74, 6) is 0.502. The molecule has 0 unspecified atom stereocenters. The third-order valence-corrected chi connectivity index (χ3v) is 5.07. The summed E-state index contributed by atoms with van der Waals surface area (Å²) >= 11 is 0. The molecule has 4 heteroatoms. The number of nitrogens with zero attached hydrogens (tertiary/aromatic N) is 2. The molecule has 0 saturated carbocycles. The van der Waals surface area contributed by atoms with E-state index in [0.29, 0.717) is 22.4 Å². The van der Waals surface area contributed by atoms with Crippen LogP contribution in [0.5, 0.6) is 0 Å². The summed E-state index contributed by atoms with van der Waals surface area (Å²) < 4.78 is 6.01. The summed E-state index contributed by atoms with van der Waals surface area (Å²) in [5, 5.41) is 2.76. The van der Waals surface area contributed by atoms with Gasteiger partial charge in [-0.1, -0.05) is 24.3 Å². The van der Waals surface area contributed by atoms with Crippen molar-refractivity contribution < 1.29 is 4.42 Å². The molecular formula is C22H18N2O2. The Hall–Kier alpha value is -3.14. The van der Waals surface area contributed by atoms with E-state index in [1.807, 2.05) is 54.7 Å². The van der Waals surface area contributed by atoms with Crippen LogP contribution >= 0.6 is 0 Å². The molecule has 1 saturated heterocycles. The molecule has 4 nitrogen and oxygen atoms in total. The van der Waals surface area contributed by atoms with Gasteiger partial charge in [-0.25, -0.2) is 0 Å². The molecule has 0 bridgehead atoms. The summed E-state index contributed by atoms with van der Waals surface area (Å²) in [7, 11) is 0. The van der Waals surface area contributed by atoms with Crippen molar-refractivity contribution in [3.05, 3.63) is 71.0 Å². The molecule has 128 valence electrons. The minimum absolute atomic E-state index is 0.0303. The lowest BCUT2D eigenvalue weighted by Gasteiger charge is -2.17. The second-order valence-corrected chi connectivity index (χ2v) is 6.77. The van der Waals surface area contributed by atoms with Crippen LogP contribution in [0.2, 0.25) is 0 Å². The lowest BCUT2D eigenvalue weighted by molar-refractivity contribution is 0.616. The average Bonchev–Trinajstić information content (AvgIpc) is 3.22. The van der Waals surface area contributed by atoms with Gasteiger partial charge >= 0.3 is 0 Å². The van der Waals surface area contributed by atoms with Crippen molar-refractivity contribution in [1.82, 2.24) is 4.98 Å². The van der Waals surface area contributed by atoms with Crippen molar-refractivity contribution >= 4 is 27.4 Å². The highest BCUT2D eigenvalue weighted by Crippen LogP contribution is 2.27. The molecule has 26 heavy (non-hydrogen) atoms. The zero-order valence-corrected chi connectivity index (χ0v) is 14.3. The Kier molecular flexibility index (Phi) is 3.49. The van der Waals surface area contributed by atoms with Crippen LogP contribution in [0.4, 0.5) is 5.69 Å². The van der Waals surface area contributed by atoms with Crippen molar-refractivity contribution in [2.45, 2.75) is 12.8 Å². The Morgan fingerprint density at radius 1 is 0.923 bits per heavy atom. The van der Waals surface area contributed by atoms with Crippen LogP contribution in [0.25, 0.3) is 33.2 Å². The highest BCUT2D eigenvalue weighted by Gasteiger charge is 2.15. The van der Waals surface area contributed by atoms with Crippen molar-refractivity contribution in [2.24, 2.45) is 0 Å². The smallest absolute Gasteiger partial charge is 0.193 e. The monoisotopic (exact) mass is 342 g/mol. The van der Waals surface area contributed by atoms with E-state index in [0.717, 1.165) is 29.5 Å². The first-order chi connectivity index (χ1) is 12.8. The second-order valence-electron chi connectivity index (χ2n) is 6.77. The van der Waals surface area contributed by atoms with Gasteiger partial charge < -0.3 is 9.32 Å². The molecule has 0 amide bonds. The molecule has 1 aliphatic rings. The van der Waals surface area contributed by atoms with E-state index in [1.165, 1.54) is 12.8 Å². The van der Waals surface area contributed by atoms with Gasteiger partial charge in [-0.3, -0.25) is 9.78 Å². The van der Waals surface area contributed by atoms with Gasteiger partial charge in [0.05, 0.1) is 5.39 Å². The maximum Gasteiger partial charge on any atom is 0.193 e. The van der Waals surface area contributed by atoms with Crippen molar-refractivity contribution in [2.75, 3.05) is 18.0 Å². The van der Waals surface area contributed by atoms with Crippen LogP contribution in [0, 0.1) is 0 Å². The minimum atomic E-state index is -0.0303. The van der Waals surface area contributed by atoms with Gasteiger partial charge in [0, 0.05) is 36.4 Å². The Balaban J connectivity index is 1.62. The van der Waals surface area contributed by atoms with E-state index in [2.05, 4.69) is 9.88 Å². The normalized spacial score (nSPS) is 14.4. The number of rotatable bonds is 2. The topological polar surface area (TPSA) is 46.3 Å². The van der Waals surface area contributed by atoms with Crippen LogP contribution < -0.4 is 10.3 Å². The molecule has 5 rings (SSSR count). The summed E-state index contributed by atoms with van der Waals surface area (Å²) in [4.78, 5) is 19.5.